The Balaban J connectivity index is 2.48. The fourth-order valence-electron chi connectivity index (χ4n) is 2.45. The first-order valence-corrected chi connectivity index (χ1v) is 8.26. The number of carbonyl (C=O) groups excluding carboxylic acids is 1. The number of thiocarbonyl (C=S) groups is 1. The molecule has 0 radical (unpaired) electrons. The number of rotatable bonds is 4. The zero-order valence-corrected chi connectivity index (χ0v) is 13.7. The maximum atomic E-state index is 12.1. The number of nitrogens with one attached hydrogen (secondary N) is 1. The second-order valence-electron chi connectivity index (χ2n) is 4.62. The number of amides is 1. The van der Waals surface area contributed by atoms with Crippen molar-refractivity contribution in [2.45, 2.75) is 10.9 Å². The van der Waals surface area contributed by atoms with Gasteiger partial charge in [-0.3, -0.25) is 4.79 Å². The standard InChI is InChI=1S/C14H19N3O2S2/c1-16-14(18)10-8-19-7-6-17(10)9-4-3-5-11(21-2)12(9)13(15)20/h3-5,10H,6-8H2,1-2H3,(H2,15,20)(H,16,18). The van der Waals surface area contributed by atoms with Gasteiger partial charge in [0.1, 0.15) is 11.0 Å². The van der Waals surface area contributed by atoms with Crippen molar-refractivity contribution in [2.24, 2.45) is 5.73 Å². The molecule has 5 nitrogen and oxygen atoms in total. The Bertz CT molecular complexity index is 551. The lowest BCUT2D eigenvalue weighted by atomic mass is 10.1. The highest BCUT2D eigenvalue weighted by Crippen LogP contribution is 2.31. The number of ether oxygens (including phenoxy) is 1. The predicted molar refractivity (Wildman–Crippen MR) is 90.1 cm³/mol. The van der Waals surface area contributed by atoms with Gasteiger partial charge in [-0.25, -0.2) is 0 Å². The molecule has 1 atom stereocenters. The van der Waals surface area contributed by atoms with Crippen LogP contribution in [0, 0.1) is 0 Å². The summed E-state index contributed by atoms with van der Waals surface area (Å²) in [7, 11) is 1.63. The molecule has 1 fully saturated rings. The minimum absolute atomic E-state index is 0.0712. The average molecular weight is 325 g/mol. The van der Waals surface area contributed by atoms with Crippen molar-refractivity contribution in [3.8, 4) is 0 Å². The van der Waals surface area contributed by atoms with Gasteiger partial charge >= 0.3 is 0 Å². The van der Waals surface area contributed by atoms with Gasteiger partial charge in [0.25, 0.3) is 0 Å². The zero-order chi connectivity index (χ0) is 15.4. The summed E-state index contributed by atoms with van der Waals surface area (Å²) in [5.41, 5.74) is 7.64. The molecule has 1 aromatic carbocycles. The molecule has 1 aliphatic rings. The lowest BCUT2D eigenvalue weighted by molar-refractivity contribution is -0.124. The normalized spacial score (nSPS) is 18.4. The number of nitrogens with zero attached hydrogens (tertiary/aromatic N) is 1. The number of likely N-dealkylation sites (N-methyl/N-ethyl adjacent to an activating group) is 1. The molecule has 7 heteroatoms. The molecule has 1 saturated heterocycles. The minimum Gasteiger partial charge on any atom is -0.389 e. The topological polar surface area (TPSA) is 67.6 Å². The molecule has 1 amide bonds. The quantitative estimate of drug-likeness (QED) is 0.636. The number of morpholine rings is 1. The van der Waals surface area contributed by atoms with E-state index in [0.717, 1.165) is 16.1 Å². The minimum atomic E-state index is -0.367. The largest absolute Gasteiger partial charge is 0.389 e. The Kier molecular flexibility index (Phi) is 5.44. The van der Waals surface area contributed by atoms with Crippen LogP contribution < -0.4 is 16.0 Å². The number of anilines is 1. The third-order valence-electron chi connectivity index (χ3n) is 3.46. The summed E-state index contributed by atoms with van der Waals surface area (Å²) in [4.78, 5) is 15.5. The smallest absolute Gasteiger partial charge is 0.244 e. The third-order valence-corrected chi connectivity index (χ3v) is 4.44. The van der Waals surface area contributed by atoms with E-state index in [0.29, 0.717) is 24.7 Å². The molecular formula is C14H19N3O2S2. The van der Waals surface area contributed by atoms with Crippen molar-refractivity contribution in [3.63, 3.8) is 0 Å². The molecule has 3 N–H and O–H groups in total. The van der Waals surface area contributed by atoms with Gasteiger partial charge in [-0.05, 0) is 18.4 Å². The Morgan fingerprint density at radius 3 is 2.95 bits per heavy atom. The molecule has 1 aromatic rings. The van der Waals surface area contributed by atoms with E-state index in [9.17, 15) is 4.79 Å². The highest BCUT2D eigenvalue weighted by atomic mass is 32.2. The number of carbonyl (C=O) groups is 1. The summed E-state index contributed by atoms with van der Waals surface area (Å²) < 4.78 is 5.44. The van der Waals surface area contributed by atoms with Gasteiger partial charge in [-0.1, -0.05) is 18.3 Å². The van der Waals surface area contributed by atoms with Crippen LogP contribution >= 0.6 is 24.0 Å². The van der Waals surface area contributed by atoms with Gasteiger partial charge in [-0.15, -0.1) is 11.8 Å². The molecule has 1 unspecified atom stereocenters. The summed E-state index contributed by atoms with van der Waals surface area (Å²) in [6, 6.07) is 5.53. The molecule has 0 spiro atoms. The van der Waals surface area contributed by atoms with Crippen LogP contribution in [-0.4, -0.2) is 50.0 Å². The Hall–Kier alpha value is -1.31. The number of hydrogen-bond acceptors (Lipinski definition) is 5. The second kappa shape index (κ2) is 7.11. The van der Waals surface area contributed by atoms with Crippen molar-refractivity contribution in [3.05, 3.63) is 23.8 Å². The van der Waals surface area contributed by atoms with Crippen LogP contribution in [0.2, 0.25) is 0 Å². The number of hydrogen-bond donors (Lipinski definition) is 2. The number of thioether (sulfide) groups is 1. The predicted octanol–water partition coefficient (Wildman–Crippen LogP) is 0.994. The molecule has 21 heavy (non-hydrogen) atoms. The first kappa shape index (κ1) is 16.1. The van der Waals surface area contributed by atoms with Crippen LogP contribution in [0.1, 0.15) is 5.56 Å². The first-order valence-electron chi connectivity index (χ1n) is 6.63. The van der Waals surface area contributed by atoms with E-state index >= 15 is 0 Å². The van der Waals surface area contributed by atoms with Crippen LogP contribution in [0.5, 0.6) is 0 Å². The van der Waals surface area contributed by atoms with Gasteiger partial charge in [0.2, 0.25) is 5.91 Å². The molecule has 2 rings (SSSR count). The molecule has 0 aliphatic carbocycles. The van der Waals surface area contributed by atoms with Crippen molar-refractivity contribution >= 4 is 40.6 Å². The first-order chi connectivity index (χ1) is 10.1. The fourth-order valence-corrected chi connectivity index (χ4v) is 3.36. The molecular weight excluding hydrogens is 306 g/mol. The van der Waals surface area contributed by atoms with Crippen LogP contribution in [0.25, 0.3) is 0 Å². The second-order valence-corrected chi connectivity index (χ2v) is 5.90. The van der Waals surface area contributed by atoms with E-state index in [1.165, 1.54) is 0 Å². The Labute approximate surface area is 134 Å². The monoisotopic (exact) mass is 325 g/mol. The average Bonchev–Trinajstić information content (AvgIpc) is 2.53. The maximum Gasteiger partial charge on any atom is 0.244 e. The van der Waals surface area contributed by atoms with E-state index < -0.39 is 0 Å². The third kappa shape index (κ3) is 3.30. The lowest BCUT2D eigenvalue weighted by Gasteiger charge is -2.37. The summed E-state index contributed by atoms with van der Waals surface area (Å²) in [5.74, 6) is -0.0712. The molecule has 0 saturated carbocycles. The van der Waals surface area contributed by atoms with Crippen molar-refractivity contribution in [1.29, 1.82) is 0 Å². The molecule has 0 bridgehead atoms. The van der Waals surface area contributed by atoms with Crippen molar-refractivity contribution < 1.29 is 9.53 Å². The van der Waals surface area contributed by atoms with E-state index in [1.54, 1.807) is 18.8 Å². The SMILES string of the molecule is CNC(=O)C1COCCN1c1cccc(SC)c1C(N)=S. The van der Waals surface area contributed by atoms with Crippen molar-refractivity contribution in [1.82, 2.24) is 5.32 Å². The fraction of sp³-hybridized carbons (Fsp3) is 0.429. The van der Waals surface area contributed by atoms with Crippen LogP contribution in [0.3, 0.4) is 0 Å². The number of nitrogens with two attached hydrogens (primary N) is 1. The lowest BCUT2D eigenvalue weighted by Crippen LogP contribution is -2.53. The Morgan fingerprint density at radius 1 is 1.57 bits per heavy atom. The van der Waals surface area contributed by atoms with E-state index in [2.05, 4.69) is 5.32 Å². The summed E-state index contributed by atoms with van der Waals surface area (Å²) in [5, 5.41) is 2.68. The van der Waals surface area contributed by atoms with Gasteiger partial charge in [0, 0.05) is 29.7 Å². The van der Waals surface area contributed by atoms with Crippen LogP contribution in [0.4, 0.5) is 5.69 Å². The van der Waals surface area contributed by atoms with Crippen molar-refractivity contribution in [2.75, 3.05) is 38.0 Å². The zero-order valence-electron chi connectivity index (χ0n) is 12.1. The van der Waals surface area contributed by atoms with Crippen LogP contribution in [0.15, 0.2) is 23.1 Å². The van der Waals surface area contributed by atoms with Gasteiger partial charge in [0.15, 0.2) is 0 Å². The molecule has 114 valence electrons. The summed E-state index contributed by atoms with van der Waals surface area (Å²) in [6.45, 7) is 1.57. The maximum absolute atomic E-state index is 12.1. The van der Waals surface area contributed by atoms with Gasteiger partial charge in [-0.2, -0.15) is 0 Å². The highest BCUT2D eigenvalue weighted by molar-refractivity contribution is 7.98. The van der Waals surface area contributed by atoms with Crippen LogP contribution in [-0.2, 0) is 9.53 Å². The Morgan fingerprint density at radius 2 is 2.33 bits per heavy atom. The van der Waals surface area contributed by atoms with Gasteiger partial charge < -0.3 is 20.7 Å². The highest BCUT2D eigenvalue weighted by Gasteiger charge is 2.31. The summed E-state index contributed by atoms with van der Waals surface area (Å²) in [6.07, 6.45) is 1.98. The summed E-state index contributed by atoms with van der Waals surface area (Å²) >= 11 is 6.80. The van der Waals surface area contributed by atoms with E-state index in [4.69, 9.17) is 22.7 Å². The van der Waals surface area contributed by atoms with Gasteiger partial charge in [0.05, 0.1) is 13.2 Å². The number of benzene rings is 1. The van der Waals surface area contributed by atoms with E-state index in [-0.39, 0.29) is 11.9 Å². The van der Waals surface area contributed by atoms with E-state index in [1.807, 2.05) is 29.4 Å². The molecule has 0 aromatic heterocycles. The molecule has 1 heterocycles. The molecule has 1 aliphatic heterocycles.